The molecule has 0 amide bonds. The van der Waals surface area contributed by atoms with Crippen molar-refractivity contribution in [2.45, 2.75) is 25.0 Å². The van der Waals surface area contributed by atoms with E-state index in [0.717, 1.165) is 18.5 Å². The van der Waals surface area contributed by atoms with Crippen molar-refractivity contribution in [3.05, 3.63) is 29.8 Å². The van der Waals surface area contributed by atoms with Crippen LogP contribution in [0.1, 0.15) is 18.9 Å². The van der Waals surface area contributed by atoms with Gasteiger partial charge in [0.05, 0.1) is 0 Å². The molecular weight excluding hydrogens is 166 g/mol. The summed E-state index contributed by atoms with van der Waals surface area (Å²) >= 11 is 4.32. The van der Waals surface area contributed by atoms with Gasteiger partial charge in [0.1, 0.15) is 0 Å². The van der Waals surface area contributed by atoms with Crippen LogP contribution in [0.3, 0.4) is 0 Å². The predicted molar refractivity (Wildman–Crippen MR) is 57.6 cm³/mol. The van der Waals surface area contributed by atoms with Crippen molar-refractivity contribution in [2.75, 3.05) is 5.73 Å². The zero-order valence-electron chi connectivity index (χ0n) is 7.33. The number of aryl methyl sites for hydroxylation is 1. The summed E-state index contributed by atoms with van der Waals surface area (Å²) in [7, 11) is 0. The van der Waals surface area contributed by atoms with E-state index in [9.17, 15) is 0 Å². The van der Waals surface area contributed by atoms with Crippen LogP contribution in [0.2, 0.25) is 0 Å². The Morgan fingerprint density at radius 2 is 1.92 bits per heavy atom. The lowest BCUT2D eigenvalue weighted by Crippen LogP contribution is -1.94. The molecule has 0 aliphatic heterocycles. The second kappa shape index (κ2) is 4.41. The molecule has 0 saturated carbocycles. The van der Waals surface area contributed by atoms with Crippen LogP contribution < -0.4 is 5.73 Å². The molecule has 0 radical (unpaired) electrons. The van der Waals surface area contributed by atoms with Crippen LogP contribution in [0.25, 0.3) is 0 Å². The van der Waals surface area contributed by atoms with Crippen LogP contribution in [0.4, 0.5) is 5.69 Å². The van der Waals surface area contributed by atoms with Crippen molar-refractivity contribution in [3.63, 3.8) is 0 Å². The Hall–Kier alpha value is -0.630. The van der Waals surface area contributed by atoms with Crippen LogP contribution >= 0.6 is 12.6 Å². The van der Waals surface area contributed by atoms with Gasteiger partial charge >= 0.3 is 0 Å². The monoisotopic (exact) mass is 181 g/mol. The Morgan fingerprint density at radius 3 is 2.42 bits per heavy atom. The maximum atomic E-state index is 5.57. The number of nitrogen functional groups attached to an aromatic ring is 1. The van der Waals surface area contributed by atoms with Crippen LogP contribution in [0.5, 0.6) is 0 Å². The molecule has 0 spiro atoms. The molecule has 0 saturated heterocycles. The summed E-state index contributed by atoms with van der Waals surface area (Å²) in [5.74, 6) is 0. The van der Waals surface area contributed by atoms with E-state index >= 15 is 0 Å². The molecule has 0 bridgehead atoms. The van der Waals surface area contributed by atoms with Gasteiger partial charge in [0, 0.05) is 5.69 Å². The maximum absolute atomic E-state index is 5.57. The first kappa shape index (κ1) is 9.46. The van der Waals surface area contributed by atoms with E-state index < -0.39 is 0 Å². The van der Waals surface area contributed by atoms with E-state index in [1.165, 1.54) is 5.56 Å². The second-order valence-corrected chi connectivity index (χ2v) is 4.01. The predicted octanol–water partition coefficient (Wildman–Crippen LogP) is 2.52. The van der Waals surface area contributed by atoms with Gasteiger partial charge in [0.15, 0.2) is 0 Å². The molecule has 1 unspecified atom stereocenters. The van der Waals surface area contributed by atoms with Crippen LogP contribution in [0, 0.1) is 0 Å². The molecule has 12 heavy (non-hydrogen) atoms. The summed E-state index contributed by atoms with van der Waals surface area (Å²) in [5.41, 5.74) is 7.74. The minimum atomic E-state index is 0.475. The summed E-state index contributed by atoms with van der Waals surface area (Å²) in [6, 6.07) is 8.04. The molecule has 0 aliphatic rings. The lowest BCUT2D eigenvalue weighted by Gasteiger charge is -2.03. The van der Waals surface area contributed by atoms with Crippen molar-refractivity contribution in [2.24, 2.45) is 0 Å². The lowest BCUT2D eigenvalue weighted by molar-refractivity contribution is 0.816. The Labute approximate surface area is 79.4 Å². The lowest BCUT2D eigenvalue weighted by atomic mass is 10.1. The Kier molecular flexibility index (Phi) is 3.48. The van der Waals surface area contributed by atoms with Crippen molar-refractivity contribution in [1.82, 2.24) is 0 Å². The molecule has 0 aromatic heterocycles. The van der Waals surface area contributed by atoms with Crippen LogP contribution in [-0.2, 0) is 6.42 Å². The molecule has 0 heterocycles. The second-order valence-electron chi connectivity index (χ2n) is 3.13. The topological polar surface area (TPSA) is 26.0 Å². The fourth-order valence-electron chi connectivity index (χ4n) is 1.06. The largest absolute Gasteiger partial charge is 0.399 e. The fourth-order valence-corrected chi connectivity index (χ4v) is 1.19. The van der Waals surface area contributed by atoms with Gasteiger partial charge in [0.2, 0.25) is 0 Å². The summed E-state index contributed by atoms with van der Waals surface area (Å²) in [5, 5.41) is 0.475. The number of hydrogen-bond acceptors (Lipinski definition) is 2. The first-order valence-corrected chi connectivity index (χ1v) is 4.72. The highest BCUT2D eigenvalue weighted by Gasteiger charge is 1.96. The van der Waals surface area contributed by atoms with Gasteiger partial charge in [-0.15, -0.1) is 0 Å². The van der Waals surface area contributed by atoms with Gasteiger partial charge in [-0.2, -0.15) is 12.6 Å². The summed E-state index contributed by atoms with van der Waals surface area (Å²) in [4.78, 5) is 0. The smallest absolute Gasteiger partial charge is 0.0314 e. The third-order valence-corrected chi connectivity index (χ3v) is 2.09. The molecule has 1 aromatic carbocycles. The van der Waals surface area contributed by atoms with Crippen molar-refractivity contribution >= 4 is 18.3 Å². The Bertz CT molecular complexity index is 228. The van der Waals surface area contributed by atoms with Crippen LogP contribution in [-0.4, -0.2) is 5.25 Å². The Morgan fingerprint density at radius 1 is 1.33 bits per heavy atom. The van der Waals surface area contributed by atoms with E-state index in [4.69, 9.17) is 5.73 Å². The third kappa shape index (κ3) is 3.18. The average molecular weight is 181 g/mol. The van der Waals surface area contributed by atoms with Crippen LogP contribution in [0.15, 0.2) is 24.3 Å². The quantitative estimate of drug-likeness (QED) is 0.544. The maximum Gasteiger partial charge on any atom is 0.0314 e. The molecule has 1 rings (SSSR count). The third-order valence-electron chi connectivity index (χ3n) is 1.83. The average Bonchev–Trinajstić information content (AvgIpc) is 2.03. The fraction of sp³-hybridized carbons (Fsp3) is 0.400. The number of benzene rings is 1. The molecule has 1 nitrogen and oxygen atoms in total. The zero-order valence-corrected chi connectivity index (χ0v) is 8.22. The van der Waals surface area contributed by atoms with Gasteiger partial charge < -0.3 is 5.73 Å². The SMILES string of the molecule is CC(S)CCc1ccc(N)cc1. The minimum absolute atomic E-state index is 0.475. The normalized spacial score (nSPS) is 12.8. The highest BCUT2D eigenvalue weighted by molar-refractivity contribution is 7.80. The minimum Gasteiger partial charge on any atom is -0.399 e. The van der Waals surface area contributed by atoms with Gasteiger partial charge in [-0.25, -0.2) is 0 Å². The van der Waals surface area contributed by atoms with Gasteiger partial charge in [-0.05, 0) is 35.8 Å². The number of hydrogen-bond donors (Lipinski definition) is 2. The van der Waals surface area contributed by atoms with E-state index in [1.807, 2.05) is 12.1 Å². The molecule has 66 valence electrons. The van der Waals surface area contributed by atoms with Gasteiger partial charge in [0.25, 0.3) is 0 Å². The van der Waals surface area contributed by atoms with Crippen molar-refractivity contribution in [3.8, 4) is 0 Å². The summed E-state index contributed by atoms with van der Waals surface area (Å²) in [6.45, 7) is 2.11. The zero-order chi connectivity index (χ0) is 8.97. The highest BCUT2D eigenvalue weighted by Crippen LogP contribution is 2.10. The molecule has 0 fully saturated rings. The number of thiol groups is 1. The standard InChI is InChI=1S/C10H15NS/c1-8(12)2-3-9-4-6-10(11)7-5-9/h4-8,12H,2-3,11H2,1H3. The van der Waals surface area contributed by atoms with E-state index in [2.05, 4.69) is 31.7 Å². The van der Waals surface area contributed by atoms with E-state index in [-0.39, 0.29) is 0 Å². The molecule has 1 atom stereocenters. The molecule has 0 aliphatic carbocycles. The highest BCUT2D eigenvalue weighted by atomic mass is 32.1. The van der Waals surface area contributed by atoms with Crippen molar-refractivity contribution < 1.29 is 0 Å². The number of nitrogens with two attached hydrogens (primary N) is 1. The number of rotatable bonds is 3. The number of anilines is 1. The summed E-state index contributed by atoms with van der Waals surface area (Å²) in [6.07, 6.45) is 2.21. The summed E-state index contributed by atoms with van der Waals surface area (Å²) < 4.78 is 0. The molecule has 2 heteroatoms. The molecule has 2 N–H and O–H groups in total. The molecular formula is C10H15NS. The van der Waals surface area contributed by atoms with Gasteiger partial charge in [-0.3, -0.25) is 0 Å². The first-order valence-electron chi connectivity index (χ1n) is 4.21. The Balaban J connectivity index is 2.48. The van der Waals surface area contributed by atoms with E-state index in [0.29, 0.717) is 5.25 Å². The first-order chi connectivity index (χ1) is 5.68. The van der Waals surface area contributed by atoms with Crippen molar-refractivity contribution in [1.29, 1.82) is 0 Å². The molecule has 1 aromatic rings. The van der Waals surface area contributed by atoms with E-state index in [1.54, 1.807) is 0 Å². The van der Waals surface area contributed by atoms with Gasteiger partial charge in [-0.1, -0.05) is 19.1 Å².